The van der Waals surface area contributed by atoms with Gasteiger partial charge in [-0.05, 0) is 48.4 Å². The standard InChI is InChI=1S/C24H24N2O3S2/c1-5-29-23(28)20-15(4)25-24-26(21(20)18-7-6-12-30-18)22(27)19(31-24)13-16-8-10-17(11-9-16)14(2)3/h6-14,21H,5H2,1-4H3/b19-13-/t21-/m1/s1. The van der Waals surface area contributed by atoms with Gasteiger partial charge >= 0.3 is 5.97 Å². The van der Waals surface area contributed by atoms with Crippen molar-refractivity contribution >= 4 is 34.7 Å². The molecule has 5 nitrogen and oxygen atoms in total. The van der Waals surface area contributed by atoms with E-state index in [0.29, 0.717) is 26.5 Å². The Balaban J connectivity index is 1.87. The summed E-state index contributed by atoms with van der Waals surface area (Å²) in [6, 6.07) is 11.6. The third-order valence-electron chi connectivity index (χ3n) is 5.23. The fraction of sp³-hybridized carbons (Fsp3) is 0.292. The molecule has 3 heterocycles. The number of esters is 1. The van der Waals surface area contributed by atoms with Crippen LogP contribution in [-0.2, 0) is 9.53 Å². The monoisotopic (exact) mass is 452 g/mol. The predicted octanol–water partition coefficient (Wildman–Crippen LogP) is 3.98. The average molecular weight is 453 g/mol. The largest absolute Gasteiger partial charge is 0.463 e. The van der Waals surface area contributed by atoms with Crippen LogP contribution in [0, 0.1) is 0 Å². The molecular formula is C24H24N2O3S2. The summed E-state index contributed by atoms with van der Waals surface area (Å²) in [5.74, 6) is 0.0233. The molecule has 0 N–H and O–H groups in total. The van der Waals surface area contributed by atoms with E-state index in [0.717, 1.165) is 10.4 Å². The number of nitrogens with zero attached hydrogens (tertiary/aromatic N) is 2. The number of benzene rings is 1. The first-order valence-corrected chi connectivity index (χ1v) is 11.9. The van der Waals surface area contributed by atoms with E-state index in [2.05, 4.69) is 31.0 Å². The minimum atomic E-state index is -0.527. The topological polar surface area (TPSA) is 60.7 Å². The molecule has 2 aromatic heterocycles. The fourth-order valence-corrected chi connectivity index (χ4v) is 5.51. The fourth-order valence-electron chi connectivity index (χ4n) is 3.64. The molecule has 7 heteroatoms. The van der Waals surface area contributed by atoms with E-state index < -0.39 is 12.0 Å². The molecule has 4 rings (SSSR count). The molecule has 0 amide bonds. The van der Waals surface area contributed by atoms with Gasteiger partial charge in [-0.25, -0.2) is 9.79 Å². The van der Waals surface area contributed by atoms with Crippen LogP contribution in [0.3, 0.4) is 0 Å². The summed E-state index contributed by atoms with van der Waals surface area (Å²) in [6.45, 7) is 8.15. The zero-order chi connectivity index (χ0) is 22.1. The van der Waals surface area contributed by atoms with Crippen molar-refractivity contribution in [1.82, 2.24) is 4.57 Å². The van der Waals surface area contributed by atoms with Crippen molar-refractivity contribution in [1.29, 1.82) is 0 Å². The number of fused-ring (bicyclic) bond motifs is 1. The van der Waals surface area contributed by atoms with Gasteiger partial charge in [0.25, 0.3) is 5.56 Å². The second-order valence-corrected chi connectivity index (χ2v) is 9.63. The zero-order valence-corrected chi connectivity index (χ0v) is 19.5. The lowest BCUT2D eigenvalue weighted by Gasteiger charge is -2.23. The highest BCUT2D eigenvalue weighted by Crippen LogP contribution is 2.33. The second-order valence-electron chi connectivity index (χ2n) is 7.64. The minimum Gasteiger partial charge on any atom is -0.463 e. The summed E-state index contributed by atoms with van der Waals surface area (Å²) < 4.78 is 7.52. The molecule has 0 aliphatic carbocycles. The molecule has 1 aliphatic heterocycles. The van der Waals surface area contributed by atoms with Gasteiger partial charge in [0, 0.05) is 4.88 Å². The number of aromatic nitrogens is 1. The second kappa shape index (κ2) is 8.77. The molecular weight excluding hydrogens is 428 g/mol. The van der Waals surface area contributed by atoms with Gasteiger partial charge in [-0.15, -0.1) is 11.3 Å². The number of hydrogen-bond acceptors (Lipinski definition) is 6. The number of rotatable bonds is 5. The molecule has 0 saturated heterocycles. The van der Waals surface area contributed by atoms with Crippen LogP contribution in [-0.4, -0.2) is 17.1 Å². The van der Waals surface area contributed by atoms with E-state index in [-0.39, 0.29) is 12.2 Å². The van der Waals surface area contributed by atoms with E-state index in [4.69, 9.17) is 4.74 Å². The Morgan fingerprint density at radius 2 is 2.00 bits per heavy atom. The first-order chi connectivity index (χ1) is 14.9. The number of hydrogen-bond donors (Lipinski definition) is 0. The molecule has 0 bridgehead atoms. The van der Waals surface area contributed by atoms with E-state index in [9.17, 15) is 9.59 Å². The van der Waals surface area contributed by atoms with Gasteiger partial charge in [-0.1, -0.05) is 55.5 Å². The summed E-state index contributed by atoms with van der Waals surface area (Å²) in [5, 5.41) is 1.94. The van der Waals surface area contributed by atoms with Crippen molar-refractivity contribution in [3.05, 3.63) is 88.7 Å². The van der Waals surface area contributed by atoms with Gasteiger partial charge < -0.3 is 4.74 Å². The normalized spacial score (nSPS) is 16.4. The summed E-state index contributed by atoms with van der Waals surface area (Å²) in [6.07, 6.45) is 1.89. The zero-order valence-electron chi connectivity index (χ0n) is 17.9. The van der Waals surface area contributed by atoms with Crippen LogP contribution in [0.1, 0.15) is 55.7 Å². The SMILES string of the molecule is CCOC(=O)C1=C(C)N=c2s/c(=C\c3ccc(C(C)C)cc3)c(=O)n2[C@@H]1c1cccs1. The number of carbonyl (C=O) groups excluding carboxylic acids is 1. The lowest BCUT2D eigenvalue weighted by molar-refractivity contribution is -0.139. The Morgan fingerprint density at radius 3 is 2.61 bits per heavy atom. The van der Waals surface area contributed by atoms with Crippen molar-refractivity contribution in [3.63, 3.8) is 0 Å². The Kier molecular flexibility index (Phi) is 6.07. The molecule has 1 aromatic carbocycles. The molecule has 1 atom stereocenters. The first-order valence-electron chi connectivity index (χ1n) is 10.2. The van der Waals surface area contributed by atoms with E-state index in [1.165, 1.54) is 28.2 Å². The average Bonchev–Trinajstić information content (AvgIpc) is 3.36. The van der Waals surface area contributed by atoms with Gasteiger partial charge in [-0.3, -0.25) is 9.36 Å². The molecule has 0 unspecified atom stereocenters. The maximum atomic E-state index is 13.4. The first kappa shape index (κ1) is 21.5. The van der Waals surface area contributed by atoms with Crippen molar-refractivity contribution < 1.29 is 9.53 Å². The molecule has 31 heavy (non-hydrogen) atoms. The molecule has 3 aromatic rings. The third kappa shape index (κ3) is 4.07. The third-order valence-corrected chi connectivity index (χ3v) is 7.14. The van der Waals surface area contributed by atoms with E-state index in [1.807, 2.05) is 35.7 Å². The molecule has 0 saturated carbocycles. The Bertz CT molecular complexity index is 1310. The maximum Gasteiger partial charge on any atom is 0.338 e. The molecule has 0 fully saturated rings. The molecule has 0 radical (unpaired) electrons. The van der Waals surface area contributed by atoms with E-state index >= 15 is 0 Å². The van der Waals surface area contributed by atoms with Gasteiger partial charge in [0.1, 0.15) is 6.04 Å². The van der Waals surface area contributed by atoms with Crippen molar-refractivity contribution in [2.75, 3.05) is 6.61 Å². The molecule has 1 aliphatic rings. The van der Waals surface area contributed by atoms with Crippen molar-refractivity contribution in [3.8, 4) is 0 Å². The van der Waals surface area contributed by atoms with Crippen LogP contribution in [0.25, 0.3) is 6.08 Å². The van der Waals surface area contributed by atoms with Gasteiger partial charge in [0.05, 0.1) is 22.4 Å². The van der Waals surface area contributed by atoms with Gasteiger partial charge in [-0.2, -0.15) is 0 Å². The van der Waals surface area contributed by atoms with Crippen LogP contribution < -0.4 is 14.9 Å². The predicted molar refractivity (Wildman–Crippen MR) is 125 cm³/mol. The Morgan fingerprint density at radius 1 is 1.26 bits per heavy atom. The number of allylic oxidation sites excluding steroid dienone is 1. The van der Waals surface area contributed by atoms with Crippen LogP contribution in [0.2, 0.25) is 0 Å². The molecule has 0 spiro atoms. The lowest BCUT2D eigenvalue weighted by atomic mass is 10.0. The van der Waals surface area contributed by atoms with Crippen molar-refractivity contribution in [2.24, 2.45) is 4.99 Å². The number of carbonyl (C=O) groups is 1. The highest BCUT2D eigenvalue weighted by Gasteiger charge is 2.33. The summed E-state index contributed by atoms with van der Waals surface area (Å²) >= 11 is 2.86. The van der Waals surface area contributed by atoms with Crippen LogP contribution in [0.15, 0.2) is 62.8 Å². The van der Waals surface area contributed by atoms with Crippen molar-refractivity contribution in [2.45, 2.75) is 39.7 Å². The Labute approximate surface area is 188 Å². The minimum absolute atomic E-state index is 0.149. The number of ether oxygens (including phenoxy) is 1. The highest BCUT2D eigenvalue weighted by molar-refractivity contribution is 7.10. The highest BCUT2D eigenvalue weighted by atomic mass is 32.1. The summed E-state index contributed by atoms with van der Waals surface area (Å²) in [4.78, 5) is 32.3. The quantitative estimate of drug-likeness (QED) is 0.550. The van der Waals surface area contributed by atoms with Crippen LogP contribution in [0.4, 0.5) is 0 Å². The lowest BCUT2D eigenvalue weighted by Crippen LogP contribution is -2.39. The van der Waals surface area contributed by atoms with Crippen LogP contribution in [0.5, 0.6) is 0 Å². The summed E-state index contributed by atoms with van der Waals surface area (Å²) in [7, 11) is 0. The van der Waals surface area contributed by atoms with Gasteiger partial charge in [0.2, 0.25) is 0 Å². The van der Waals surface area contributed by atoms with E-state index in [1.54, 1.807) is 18.4 Å². The smallest absolute Gasteiger partial charge is 0.338 e. The maximum absolute atomic E-state index is 13.4. The van der Waals surface area contributed by atoms with Gasteiger partial charge in [0.15, 0.2) is 4.80 Å². The number of thiophene rings is 1. The number of thiazole rings is 1. The molecule has 160 valence electrons. The van der Waals surface area contributed by atoms with Crippen LogP contribution >= 0.6 is 22.7 Å². The summed E-state index contributed by atoms with van der Waals surface area (Å²) in [5.41, 5.74) is 3.08. The Hall–Kier alpha value is -2.77.